The number of anilines is 1. The SMILES string of the molecule is COc1cc(C2Nc3cc(OC)c(OC)cc3C(=O)N2C)ccc1O. The first-order valence-electron chi connectivity index (χ1n) is 7.66. The number of phenolic OH excluding ortho intramolecular Hbond substituents is 1. The van der Waals surface area contributed by atoms with Crippen LogP contribution in [0.1, 0.15) is 22.1 Å². The van der Waals surface area contributed by atoms with Gasteiger partial charge in [0.25, 0.3) is 5.91 Å². The lowest BCUT2D eigenvalue weighted by Crippen LogP contribution is -2.40. The quantitative estimate of drug-likeness (QED) is 0.887. The van der Waals surface area contributed by atoms with E-state index < -0.39 is 6.17 Å². The predicted octanol–water partition coefficient (Wildman–Crippen LogP) is 2.61. The van der Waals surface area contributed by atoms with Gasteiger partial charge in [-0.15, -0.1) is 0 Å². The van der Waals surface area contributed by atoms with Gasteiger partial charge >= 0.3 is 0 Å². The number of nitrogens with one attached hydrogen (secondary N) is 1. The van der Waals surface area contributed by atoms with E-state index in [0.29, 0.717) is 28.5 Å². The maximum absolute atomic E-state index is 12.8. The van der Waals surface area contributed by atoms with E-state index in [0.717, 1.165) is 5.56 Å². The van der Waals surface area contributed by atoms with Crippen molar-refractivity contribution >= 4 is 11.6 Å². The number of fused-ring (bicyclic) bond motifs is 1. The normalized spacial score (nSPS) is 16.1. The van der Waals surface area contributed by atoms with Gasteiger partial charge < -0.3 is 29.5 Å². The van der Waals surface area contributed by atoms with Crippen LogP contribution in [0.3, 0.4) is 0 Å². The van der Waals surface area contributed by atoms with Gasteiger partial charge in [-0.1, -0.05) is 6.07 Å². The summed E-state index contributed by atoms with van der Waals surface area (Å²) in [5.74, 6) is 1.27. The molecule has 1 heterocycles. The fraction of sp³-hybridized carbons (Fsp3) is 0.278. The molecule has 1 amide bonds. The summed E-state index contributed by atoms with van der Waals surface area (Å²) in [5.41, 5.74) is 1.94. The zero-order valence-electron chi connectivity index (χ0n) is 14.5. The fourth-order valence-electron chi connectivity index (χ4n) is 2.90. The molecular weight excluding hydrogens is 324 g/mol. The third-order valence-corrected chi connectivity index (χ3v) is 4.27. The van der Waals surface area contributed by atoms with E-state index in [-0.39, 0.29) is 11.7 Å². The molecule has 25 heavy (non-hydrogen) atoms. The van der Waals surface area contributed by atoms with Gasteiger partial charge in [0.1, 0.15) is 6.17 Å². The monoisotopic (exact) mass is 344 g/mol. The number of hydrogen-bond acceptors (Lipinski definition) is 6. The van der Waals surface area contributed by atoms with Crippen LogP contribution in [-0.2, 0) is 0 Å². The van der Waals surface area contributed by atoms with Gasteiger partial charge in [-0.05, 0) is 23.8 Å². The van der Waals surface area contributed by atoms with Crippen molar-refractivity contribution in [3.8, 4) is 23.0 Å². The van der Waals surface area contributed by atoms with Crippen molar-refractivity contribution < 1.29 is 24.1 Å². The summed E-state index contributed by atoms with van der Waals surface area (Å²) in [6.45, 7) is 0. The molecule has 3 rings (SSSR count). The second-order valence-corrected chi connectivity index (χ2v) is 5.65. The van der Waals surface area contributed by atoms with Crippen molar-refractivity contribution in [2.24, 2.45) is 0 Å². The van der Waals surface area contributed by atoms with Crippen LogP contribution < -0.4 is 19.5 Å². The Balaban J connectivity index is 2.05. The molecule has 0 radical (unpaired) electrons. The number of methoxy groups -OCH3 is 3. The molecule has 7 heteroatoms. The van der Waals surface area contributed by atoms with Crippen LogP contribution in [0.2, 0.25) is 0 Å². The molecule has 1 unspecified atom stereocenters. The zero-order valence-corrected chi connectivity index (χ0v) is 14.5. The minimum Gasteiger partial charge on any atom is -0.504 e. The molecule has 2 N–H and O–H groups in total. The number of nitrogens with zero attached hydrogens (tertiary/aromatic N) is 1. The van der Waals surface area contributed by atoms with E-state index in [4.69, 9.17) is 14.2 Å². The molecule has 0 aliphatic carbocycles. The number of amides is 1. The van der Waals surface area contributed by atoms with Crippen LogP contribution in [-0.4, -0.2) is 44.3 Å². The summed E-state index contributed by atoms with van der Waals surface area (Å²) in [7, 11) is 6.26. The van der Waals surface area contributed by atoms with Crippen LogP contribution in [0.4, 0.5) is 5.69 Å². The van der Waals surface area contributed by atoms with Crippen molar-refractivity contribution in [3.63, 3.8) is 0 Å². The zero-order chi connectivity index (χ0) is 18.1. The summed E-state index contributed by atoms with van der Waals surface area (Å²) < 4.78 is 15.7. The third kappa shape index (κ3) is 2.77. The Labute approximate surface area is 145 Å². The minimum absolute atomic E-state index is 0.0443. The van der Waals surface area contributed by atoms with Gasteiger partial charge in [0.05, 0.1) is 32.6 Å². The Kier molecular flexibility index (Phi) is 4.31. The Morgan fingerprint density at radius 3 is 2.28 bits per heavy atom. The lowest BCUT2D eigenvalue weighted by atomic mass is 10.0. The molecule has 0 aromatic heterocycles. The van der Waals surface area contributed by atoms with E-state index in [1.54, 1.807) is 43.3 Å². The predicted molar refractivity (Wildman–Crippen MR) is 92.7 cm³/mol. The molecule has 132 valence electrons. The molecule has 1 atom stereocenters. The topological polar surface area (TPSA) is 80.3 Å². The number of carbonyl (C=O) groups is 1. The molecule has 0 spiro atoms. The van der Waals surface area contributed by atoms with Crippen LogP contribution in [0.25, 0.3) is 0 Å². The van der Waals surface area contributed by atoms with Crippen molar-refractivity contribution in [3.05, 3.63) is 41.5 Å². The largest absolute Gasteiger partial charge is 0.504 e. The minimum atomic E-state index is -0.410. The molecule has 0 saturated heterocycles. The number of hydrogen-bond donors (Lipinski definition) is 2. The van der Waals surface area contributed by atoms with Crippen LogP contribution in [0.5, 0.6) is 23.0 Å². The number of benzene rings is 2. The van der Waals surface area contributed by atoms with E-state index in [2.05, 4.69) is 5.32 Å². The molecule has 7 nitrogen and oxygen atoms in total. The number of ether oxygens (including phenoxy) is 3. The first-order valence-corrected chi connectivity index (χ1v) is 7.66. The lowest BCUT2D eigenvalue weighted by Gasteiger charge is -2.36. The Morgan fingerprint density at radius 1 is 1.00 bits per heavy atom. The molecule has 2 aromatic rings. The Hall–Kier alpha value is -3.09. The number of carbonyl (C=O) groups excluding carboxylic acids is 1. The van der Waals surface area contributed by atoms with Crippen molar-refractivity contribution in [1.82, 2.24) is 4.90 Å². The maximum Gasteiger partial charge on any atom is 0.257 e. The van der Waals surface area contributed by atoms with Crippen LogP contribution in [0.15, 0.2) is 30.3 Å². The van der Waals surface area contributed by atoms with E-state index >= 15 is 0 Å². The molecule has 1 aliphatic rings. The molecule has 1 aliphatic heterocycles. The number of phenols is 1. The highest BCUT2D eigenvalue weighted by Gasteiger charge is 2.32. The highest BCUT2D eigenvalue weighted by atomic mass is 16.5. The van der Waals surface area contributed by atoms with Gasteiger partial charge in [-0.25, -0.2) is 0 Å². The molecular formula is C18H20N2O5. The molecule has 0 bridgehead atoms. The number of rotatable bonds is 4. The fourth-order valence-corrected chi connectivity index (χ4v) is 2.90. The lowest BCUT2D eigenvalue weighted by molar-refractivity contribution is 0.0734. The summed E-state index contributed by atoms with van der Waals surface area (Å²) >= 11 is 0. The van der Waals surface area contributed by atoms with Crippen LogP contribution in [0, 0.1) is 0 Å². The molecule has 0 fully saturated rings. The molecule has 0 saturated carbocycles. The Bertz CT molecular complexity index is 821. The van der Waals surface area contributed by atoms with E-state index in [9.17, 15) is 9.90 Å². The first kappa shape index (κ1) is 16.8. The highest BCUT2D eigenvalue weighted by Crippen LogP contribution is 2.40. The van der Waals surface area contributed by atoms with Crippen molar-refractivity contribution in [1.29, 1.82) is 0 Å². The van der Waals surface area contributed by atoms with Crippen molar-refractivity contribution in [2.45, 2.75) is 6.17 Å². The first-order chi connectivity index (χ1) is 12.0. The standard InChI is InChI=1S/C18H20N2O5/c1-20-17(10-5-6-13(21)14(7-10)23-2)19-12-9-16(25-4)15(24-3)8-11(12)18(20)22/h5-9,17,19,21H,1-4H3. The summed E-state index contributed by atoms with van der Waals surface area (Å²) in [6, 6.07) is 8.38. The van der Waals surface area contributed by atoms with Gasteiger partial charge in [0.15, 0.2) is 23.0 Å². The summed E-state index contributed by atoms with van der Waals surface area (Å²) in [4.78, 5) is 14.4. The van der Waals surface area contributed by atoms with E-state index in [1.807, 2.05) is 0 Å². The third-order valence-electron chi connectivity index (χ3n) is 4.27. The van der Waals surface area contributed by atoms with Gasteiger partial charge in [0, 0.05) is 13.1 Å². The van der Waals surface area contributed by atoms with E-state index in [1.165, 1.54) is 20.3 Å². The van der Waals surface area contributed by atoms with Crippen molar-refractivity contribution in [2.75, 3.05) is 33.7 Å². The second-order valence-electron chi connectivity index (χ2n) is 5.65. The molecule has 2 aromatic carbocycles. The maximum atomic E-state index is 12.8. The second kappa shape index (κ2) is 6.43. The average Bonchev–Trinajstić information content (AvgIpc) is 2.64. The summed E-state index contributed by atoms with van der Waals surface area (Å²) in [6.07, 6.45) is -0.410. The smallest absolute Gasteiger partial charge is 0.257 e. The Morgan fingerprint density at radius 2 is 1.64 bits per heavy atom. The number of aromatic hydroxyl groups is 1. The highest BCUT2D eigenvalue weighted by molar-refractivity contribution is 6.02. The summed E-state index contributed by atoms with van der Waals surface area (Å²) in [5, 5.41) is 13.1. The van der Waals surface area contributed by atoms with Gasteiger partial charge in [0.2, 0.25) is 0 Å². The van der Waals surface area contributed by atoms with Gasteiger partial charge in [-0.3, -0.25) is 4.79 Å². The van der Waals surface area contributed by atoms with Crippen LogP contribution >= 0.6 is 0 Å². The van der Waals surface area contributed by atoms with Gasteiger partial charge in [-0.2, -0.15) is 0 Å². The average molecular weight is 344 g/mol.